The van der Waals surface area contributed by atoms with Crippen molar-refractivity contribution in [3.63, 3.8) is 0 Å². The van der Waals surface area contributed by atoms with E-state index in [9.17, 15) is 4.79 Å². The molecule has 7 heteroatoms. The number of hydrogen-bond donors (Lipinski definition) is 0. The summed E-state index contributed by atoms with van der Waals surface area (Å²) in [5.41, 5.74) is -0.00605. The van der Waals surface area contributed by atoms with Crippen LogP contribution in [0.5, 0.6) is 0 Å². The molecule has 0 amide bonds. The number of nitrogens with zero attached hydrogens (tertiary/aromatic N) is 1. The average Bonchev–Trinajstić information content (AvgIpc) is 2.03. The van der Waals surface area contributed by atoms with Crippen LogP contribution < -0.4 is 0 Å². The largest absolute Gasteiger partial charge is 0.334 e. The molecule has 13 heavy (non-hydrogen) atoms. The Kier molecular flexibility index (Phi) is 6.86. The third-order valence-electron chi connectivity index (χ3n) is 0.989. The predicted octanol–water partition coefficient (Wildman–Crippen LogP) is 2.90. The van der Waals surface area contributed by atoms with Crippen LogP contribution in [0.3, 0.4) is 0 Å². The monoisotopic (exact) mass is 265 g/mol. The molecule has 0 radical (unpaired) electrons. The van der Waals surface area contributed by atoms with E-state index in [0.29, 0.717) is 0 Å². The second-order valence-electron chi connectivity index (χ2n) is 1.93. The summed E-state index contributed by atoms with van der Waals surface area (Å²) < 4.78 is 0. The van der Waals surface area contributed by atoms with Gasteiger partial charge in [-0.05, 0) is 0 Å². The van der Waals surface area contributed by atoms with Crippen LogP contribution in [0.25, 0.3) is 0 Å². The minimum Gasteiger partial charge on any atom is -0.318 e. The normalized spacial score (nSPS) is 10.4. The first-order chi connectivity index (χ1) is 5.99. The Hall–Kier alpha value is 0.300. The molecule has 0 saturated carbocycles. The van der Waals surface area contributed by atoms with E-state index in [-0.39, 0.29) is 12.1 Å². The Bertz CT molecular complexity index is 195. The molecule has 0 aromatic carbocycles. The maximum atomic E-state index is 10.7. The van der Waals surface area contributed by atoms with Crippen molar-refractivity contribution < 1.29 is 9.63 Å². The highest BCUT2D eigenvalue weighted by atomic mass is 35.5. The fourth-order valence-corrected chi connectivity index (χ4v) is 1.26. The van der Waals surface area contributed by atoms with Crippen LogP contribution in [0.15, 0.2) is 5.16 Å². The first kappa shape index (κ1) is 13.3. The Morgan fingerprint density at radius 3 is 2.08 bits per heavy atom. The van der Waals surface area contributed by atoms with Crippen LogP contribution in [-0.4, -0.2) is 21.4 Å². The molecule has 0 fully saturated rings. The molecule has 3 nitrogen and oxygen atoms in total. The molecule has 0 atom stereocenters. The summed E-state index contributed by atoms with van der Waals surface area (Å²) in [4.78, 5) is 13.1. The number of hydrogen-bond acceptors (Lipinski definition) is 3. The van der Waals surface area contributed by atoms with Crippen molar-refractivity contribution >= 4 is 58.1 Å². The van der Waals surface area contributed by atoms with Gasteiger partial charge in [0, 0.05) is 6.42 Å². The lowest BCUT2D eigenvalue weighted by atomic mass is 10.5. The van der Waals surface area contributed by atoms with Gasteiger partial charge in [0.1, 0.15) is 5.71 Å². The highest BCUT2D eigenvalue weighted by Gasteiger charge is 2.18. The van der Waals surface area contributed by atoms with Gasteiger partial charge in [0.15, 0.2) is 9.67 Å². The maximum absolute atomic E-state index is 10.7. The minimum absolute atomic E-state index is 0.00605. The lowest BCUT2D eigenvalue weighted by Gasteiger charge is -2.05. The summed E-state index contributed by atoms with van der Waals surface area (Å²) in [6.07, 6.45) is 0.196. The summed E-state index contributed by atoms with van der Waals surface area (Å²) in [6, 6.07) is 0. The zero-order valence-corrected chi connectivity index (χ0v) is 9.66. The van der Waals surface area contributed by atoms with Crippen LogP contribution in [0.1, 0.15) is 13.3 Å². The van der Waals surface area contributed by atoms with Crippen LogP contribution >= 0.6 is 46.4 Å². The first-order valence-corrected chi connectivity index (χ1v) is 5.07. The van der Waals surface area contributed by atoms with Gasteiger partial charge in [-0.15, -0.1) is 0 Å². The van der Waals surface area contributed by atoms with Crippen molar-refractivity contribution in [3.8, 4) is 0 Å². The number of carbonyl (C=O) groups is 1. The third-order valence-corrected chi connectivity index (χ3v) is 1.88. The zero-order chi connectivity index (χ0) is 10.4. The Balaban J connectivity index is 4.29. The summed E-state index contributed by atoms with van der Waals surface area (Å²) in [5.74, 6) is -0.513. The Labute approximate surface area is 95.9 Å². The molecule has 0 aromatic heterocycles. The SMILES string of the molecule is CCC(=O)ON=C(C(Cl)Cl)C(Cl)Cl. The van der Waals surface area contributed by atoms with Crippen molar-refractivity contribution in [1.29, 1.82) is 0 Å². The van der Waals surface area contributed by atoms with E-state index in [1.165, 1.54) is 0 Å². The lowest BCUT2D eigenvalue weighted by Crippen LogP contribution is -2.17. The van der Waals surface area contributed by atoms with Crippen LogP contribution in [-0.2, 0) is 9.63 Å². The lowest BCUT2D eigenvalue weighted by molar-refractivity contribution is -0.143. The van der Waals surface area contributed by atoms with Gasteiger partial charge in [0.25, 0.3) is 0 Å². The number of halogens is 4. The molecule has 0 rings (SSSR count). The Morgan fingerprint density at radius 2 is 1.77 bits per heavy atom. The second-order valence-corrected chi connectivity index (χ2v) is 4.13. The molecule has 0 spiro atoms. The fraction of sp³-hybridized carbons (Fsp3) is 0.667. The van der Waals surface area contributed by atoms with Gasteiger partial charge in [-0.3, -0.25) is 0 Å². The predicted molar refractivity (Wildman–Crippen MR) is 54.8 cm³/mol. The summed E-state index contributed by atoms with van der Waals surface area (Å²) in [6.45, 7) is 1.62. The molecule has 0 heterocycles. The highest BCUT2D eigenvalue weighted by molar-refractivity contribution is 6.64. The average molecular weight is 267 g/mol. The van der Waals surface area contributed by atoms with Gasteiger partial charge in [0.05, 0.1) is 0 Å². The minimum atomic E-state index is -0.996. The number of oxime groups is 1. The van der Waals surface area contributed by atoms with Gasteiger partial charge in [-0.25, -0.2) is 4.79 Å². The standard InChI is InChI=1S/C6H7Cl4NO2/c1-2-3(12)13-11-4(5(7)8)6(9)10/h5-6H,2H2,1H3. The van der Waals surface area contributed by atoms with E-state index in [4.69, 9.17) is 46.4 Å². The molecule has 0 bridgehead atoms. The first-order valence-electron chi connectivity index (χ1n) is 3.33. The zero-order valence-electron chi connectivity index (χ0n) is 6.64. The third kappa shape index (κ3) is 5.57. The van der Waals surface area contributed by atoms with E-state index < -0.39 is 15.6 Å². The molecular weight excluding hydrogens is 260 g/mol. The molecule has 0 unspecified atom stereocenters. The van der Waals surface area contributed by atoms with Crippen LogP contribution in [0.4, 0.5) is 0 Å². The van der Waals surface area contributed by atoms with Gasteiger partial charge in [-0.2, -0.15) is 0 Å². The van der Waals surface area contributed by atoms with E-state index in [1.54, 1.807) is 6.92 Å². The molecule has 0 aliphatic heterocycles. The van der Waals surface area contributed by atoms with E-state index in [0.717, 1.165) is 0 Å². The van der Waals surface area contributed by atoms with Gasteiger partial charge < -0.3 is 4.84 Å². The number of carbonyl (C=O) groups excluding carboxylic acids is 1. The smallest absolute Gasteiger partial charge is 0.318 e. The van der Waals surface area contributed by atoms with Crippen molar-refractivity contribution in [3.05, 3.63) is 0 Å². The summed E-state index contributed by atoms with van der Waals surface area (Å²) in [7, 11) is 0. The van der Waals surface area contributed by atoms with E-state index in [2.05, 4.69) is 9.99 Å². The van der Waals surface area contributed by atoms with Gasteiger partial charge >= 0.3 is 5.97 Å². The maximum Gasteiger partial charge on any atom is 0.334 e. The quantitative estimate of drug-likeness (QED) is 0.340. The van der Waals surface area contributed by atoms with Gasteiger partial charge in [0.2, 0.25) is 0 Å². The molecular formula is C6H7Cl4NO2. The van der Waals surface area contributed by atoms with Gasteiger partial charge in [-0.1, -0.05) is 58.5 Å². The molecule has 0 N–H and O–H groups in total. The fourth-order valence-electron chi connectivity index (χ4n) is 0.343. The van der Waals surface area contributed by atoms with Crippen molar-refractivity contribution in [2.45, 2.75) is 23.0 Å². The summed E-state index contributed by atoms with van der Waals surface area (Å²) >= 11 is 21.8. The Morgan fingerprint density at radius 1 is 1.31 bits per heavy atom. The van der Waals surface area contributed by atoms with Crippen molar-refractivity contribution in [2.75, 3.05) is 0 Å². The molecule has 0 saturated heterocycles. The van der Waals surface area contributed by atoms with Crippen molar-refractivity contribution in [2.24, 2.45) is 5.16 Å². The summed E-state index contributed by atoms with van der Waals surface area (Å²) in [5, 5.41) is 3.33. The highest BCUT2D eigenvalue weighted by Crippen LogP contribution is 2.15. The molecule has 0 aliphatic rings. The van der Waals surface area contributed by atoms with E-state index in [1.807, 2.05) is 0 Å². The number of rotatable bonds is 4. The number of alkyl halides is 4. The van der Waals surface area contributed by atoms with Crippen LogP contribution in [0, 0.1) is 0 Å². The molecule has 76 valence electrons. The molecule has 0 aromatic rings. The topological polar surface area (TPSA) is 38.7 Å². The van der Waals surface area contributed by atoms with E-state index >= 15 is 0 Å². The second kappa shape index (κ2) is 6.71. The van der Waals surface area contributed by atoms with Crippen LogP contribution in [0.2, 0.25) is 0 Å². The molecule has 0 aliphatic carbocycles. The van der Waals surface area contributed by atoms with Crippen molar-refractivity contribution in [1.82, 2.24) is 0 Å².